The number of Topliss-reactive ketones (excluding diaryl/α,β-unsaturated/α-hetero) is 1. The van der Waals surface area contributed by atoms with Gasteiger partial charge in [-0.25, -0.2) is 0 Å². The minimum Gasteiger partial charge on any atom is -0.328 e. The van der Waals surface area contributed by atoms with E-state index >= 15 is 0 Å². The number of hydrogen-bond donors (Lipinski definition) is 1. The molecule has 1 unspecified atom stereocenters. The van der Waals surface area contributed by atoms with Crippen LogP contribution >= 0.6 is 0 Å². The molecule has 0 aliphatic carbocycles. The molecule has 88 valence electrons. The summed E-state index contributed by atoms with van der Waals surface area (Å²) in [7, 11) is 0. The van der Waals surface area contributed by atoms with Crippen LogP contribution in [-0.2, 0) is 17.6 Å². The molecule has 0 saturated carbocycles. The maximum absolute atomic E-state index is 11.6. The van der Waals surface area contributed by atoms with E-state index < -0.39 is 0 Å². The highest BCUT2D eigenvalue weighted by Crippen LogP contribution is 2.08. The molecular formula is C14H21NO. The lowest BCUT2D eigenvalue weighted by atomic mass is 10.0. The summed E-state index contributed by atoms with van der Waals surface area (Å²) < 4.78 is 0. The highest BCUT2D eigenvalue weighted by atomic mass is 16.1. The Morgan fingerprint density at radius 1 is 1.25 bits per heavy atom. The minimum atomic E-state index is 0.117. The van der Waals surface area contributed by atoms with Crippen LogP contribution in [0.3, 0.4) is 0 Å². The Kier molecular flexibility index (Phi) is 5.20. The van der Waals surface area contributed by atoms with Crippen LogP contribution in [0.4, 0.5) is 0 Å². The lowest BCUT2D eigenvalue weighted by Crippen LogP contribution is -2.16. The molecule has 1 atom stereocenters. The Bertz CT molecular complexity index is 327. The van der Waals surface area contributed by atoms with E-state index in [0.717, 1.165) is 18.4 Å². The lowest BCUT2D eigenvalue weighted by molar-refractivity contribution is -0.118. The predicted molar refractivity (Wildman–Crippen MR) is 67.4 cm³/mol. The second-order valence-corrected chi connectivity index (χ2v) is 4.40. The zero-order valence-corrected chi connectivity index (χ0v) is 10.2. The van der Waals surface area contributed by atoms with Crippen molar-refractivity contribution < 1.29 is 4.79 Å². The minimum absolute atomic E-state index is 0.117. The Morgan fingerprint density at radius 3 is 2.31 bits per heavy atom. The summed E-state index contributed by atoms with van der Waals surface area (Å²) in [6.07, 6.45) is 2.95. The first-order valence-corrected chi connectivity index (χ1v) is 5.97. The topological polar surface area (TPSA) is 43.1 Å². The van der Waals surface area contributed by atoms with Gasteiger partial charge in [0.15, 0.2) is 0 Å². The molecule has 0 heterocycles. The molecular weight excluding hydrogens is 198 g/mol. The quantitative estimate of drug-likeness (QED) is 0.798. The van der Waals surface area contributed by atoms with Gasteiger partial charge in [0.1, 0.15) is 5.78 Å². The van der Waals surface area contributed by atoms with Crippen LogP contribution in [0.25, 0.3) is 0 Å². The van der Waals surface area contributed by atoms with Crippen molar-refractivity contribution in [2.45, 2.75) is 45.6 Å². The van der Waals surface area contributed by atoms with Crippen LogP contribution in [0.2, 0.25) is 0 Å². The summed E-state index contributed by atoms with van der Waals surface area (Å²) in [5.41, 5.74) is 8.04. The monoisotopic (exact) mass is 219 g/mol. The number of carbonyl (C=O) groups excluding carboxylic acids is 1. The molecule has 1 aromatic carbocycles. The number of rotatable bonds is 6. The Balaban J connectivity index is 2.43. The summed E-state index contributed by atoms with van der Waals surface area (Å²) in [5, 5.41) is 0. The molecule has 16 heavy (non-hydrogen) atoms. The number of ketones is 1. The summed E-state index contributed by atoms with van der Waals surface area (Å²) >= 11 is 0. The third-order valence-corrected chi connectivity index (χ3v) is 2.71. The van der Waals surface area contributed by atoms with E-state index in [1.807, 2.05) is 19.1 Å². The smallest absolute Gasteiger partial charge is 0.137 e. The van der Waals surface area contributed by atoms with Gasteiger partial charge in [0.25, 0.3) is 0 Å². The number of nitrogens with two attached hydrogens (primary N) is 1. The highest BCUT2D eigenvalue weighted by molar-refractivity contribution is 5.80. The first kappa shape index (κ1) is 12.9. The normalized spacial score (nSPS) is 12.4. The van der Waals surface area contributed by atoms with Crippen molar-refractivity contribution in [3.05, 3.63) is 35.4 Å². The van der Waals surface area contributed by atoms with Gasteiger partial charge in [-0.2, -0.15) is 0 Å². The van der Waals surface area contributed by atoms with Crippen LogP contribution < -0.4 is 5.73 Å². The average molecular weight is 219 g/mol. The maximum Gasteiger partial charge on any atom is 0.137 e. The van der Waals surface area contributed by atoms with E-state index in [0.29, 0.717) is 12.8 Å². The van der Waals surface area contributed by atoms with Crippen molar-refractivity contribution in [3.63, 3.8) is 0 Å². The van der Waals surface area contributed by atoms with Crippen LogP contribution in [0.5, 0.6) is 0 Å². The van der Waals surface area contributed by atoms with Gasteiger partial charge < -0.3 is 5.73 Å². The van der Waals surface area contributed by atoms with Crippen molar-refractivity contribution in [1.29, 1.82) is 0 Å². The van der Waals surface area contributed by atoms with Crippen molar-refractivity contribution in [2.24, 2.45) is 5.73 Å². The third kappa shape index (κ3) is 4.58. The predicted octanol–water partition coefficient (Wildman–Crippen LogP) is 2.49. The zero-order valence-electron chi connectivity index (χ0n) is 10.2. The van der Waals surface area contributed by atoms with Gasteiger partial charge in [0.05, 0.1) is 0 Å². The van der Waals surface area contributed by atoms with Gasteiger partial charge in [0.2, 0.25) is 0 Å². The van der Waals surface area contributed by atoms with Gasteiger partial charge >= 0.3 is 0 Å². The SMILES string of the molecule is CCc1ccc(CC(=O)CCC(C)N)cc1. The van der Waals surface area contributed by atoms with Gasteiger partial charge in [-0.3, -0.25) is 4.79 Å². The molecule has 0 fully saturated rings. The highest BCUT2D eigenvalue weighted by Gasteiger charge is 2.05. The Hall–Kier alpha value is -1.15. The summed E-state index contributed by atoms with van der Waals surface area (Å²) in [5.74, 6) is 0.279. The molecule has 0 aliphatic heterocycles. The Morgan fingerprint density at radius 2 is 1.81 bits per heavy atom. The molecule has 2 N–H and O–H groups in total. The summed E-state index contributed by atoms with van der Waals surface area (Å²) in [4.78, 5) is 11.6. The van der Waals surface area contributed by atoms with E-state index in [9.17, 15) is 4.79 Å². The largest absolute Gasteiger partial charge is 0.328 e. The molecule has 0 aliphatic rings. The molecule has 0 aromatic heterocycles. The van der Waals surface area contributed by atoms with Crippen LogP contribution in [0.1, 0.15) is 37.8 Å². The fourth-order valence-corrected chi connectivity index (χ4v) is 1.60. The standard InChI is InChI=1S/C14H21NO/c1-3-12-5-7-13(8-6-12)10-14(16)9-4-11(2)15/h5-8,11H,3-4,9-10,15H2,1-2H3. The lowest BCUT2D eigenvalue weighted by Gasteiger charge is -2.05. The van der Waals surface area contributed by atoms with Gasteiger partial charge in [-0.1, -0.05) is 31.2 Å². The first-order chi connectivity index (χ1) is 7.61. The van der Waals surface area contributed by atoms with Crippen LogP contribution in [-0.4, -0.2) is 11.8 Å². The second-order valence-electron chi connectivity index (χ2n) is 4.40. The number of benzene rings is 1. The van der Waals surface area contributed by atoms with Gasteiger partial charge in [-0.15, -0.1) is 0 Å². The Labute approximate surface area is 97.9 Å². The van der Waals surface area contributed by atoms with E-state index in [1.54, 1.807) is 0 Å². The molecule has 0 amide bonds. The van der Waals surface area contributed by atoms with E-state index in [2.05, 4.69) is 19.1 Å². The van der Waals surface area contributed by atoms with Gasteiger partial charge in [-0.05, 0) is 30.9 Å². The third-order valence-electron chi connectivity index (χ3n) is 2.71. The number of aryl methyl sites for hydroxylation is 1. The summed E-state index contributed by atoms with van der Waals surface area (Å²) in [6.45, 7) is 4.06. The molecule has 0 saturated heterocycles. The molecule has 1 rings (SSSR count). The van der Waals surface area contributed by atoms with Crippen molar-refractivity contribution in [3.8, 4) is 0 Å². The van der Waals surface area contributed by atoms with Crippen molar-refractivity contribution in [2.75, 3.05) is 0 Å². The van der Waals surface area contributed by atoms with Crippen LogP contribution in [0, 0.1) is 0 Å². The first-order valence-electron chi connectivity index (χ1n) is 5.97. The zero-order chi connectivity index (χ0) is 12.0. The van der Waals surface area contributed by atoms with E-state index in [-0.39, 0.29) is 11.8 Å². The fraction of sp³-hybridized carbons (Fsp3) is 0.500. The van der Waals surface area contributed by atoms with E-state index in [1.165, 1.54) is 5.56 Å². The molecule has 1 aromatic rings. The molecule has 0 spiro atoms. The van der Waals surface area contributed by atoms with E-state index in [4.69, 9.17) is 5.73 Å². The molecule has 0 bridgehead atoms. The number of hydrogen-bond acceptors (Lipinski definition) is 2. The molecule has 2 nitrogen and oxygen atoms in total. The second kappa shape index (κ2) is 6.44. The fourth-order valence-electron chi connectivity index (χ4n) is 1.60. The maximum atomic E-state index is 11.6. The van der Waals surface area contributed by atoms with Crippen molar-refractivity contribution >= 4 is 5.78 Å². The average Bonchev–Trinajstić information content (AvgIpc) is 2.27. The van der Waals surface area contributed by atoms with Crippen molar-refractivity contribution in [1.82, 2.24) is 0 Å². The van der Waals surface area contributed by atoms with Crippen LogP contribution in [0.15, 0.2) is 24.3 Å². The molecule has 2 heteroatoms. The summed E-state index contributed by atoms with van der Waals surface area (Å²) in [6, 6.07) is 8.39. The number of carbonyl (C=O) groups is 1. The molecule has 0 radical (unpaired) electrons. The van der Waals surface area contributed by atoms with Gasteiger partial charge in [0, 0.05) is 18.9 Å².